The third kappa shape index (κ3) is 8.02. The summed E-state index contributed by atoms with van der Waals surface area (Å²) in [4.78, 5) is 11.6. The Bertz CT molecular complexity index is 234. The van der Waals surface area contributed by atoms with E-state index in [-0.39, 0.29) is 0 Å². The number of carbonyl (C=O) groups excluding carboxylic acids is 1. The van der Waals surface area contributed by atoms with Gasteiger partial charge in [-0.15, -0.1) is 0 Å². The minimum atomic E-state index is -0.935. The summed E-state index contributed by atoms with van der Waals surface area (Å²) in [6.07, 6.45) is 1.96. The van der Waals surface area contributed by atoms with Crippen molar-refractivity contribution in [2.75, 3.05) is 6.61 Å². The van der Waals surface area contributed by atoms with Crippen LogP contribution in [0.4, 0.5) is 4.79 Å². The minimum absolute atomic E-state index is 0.493. The van der Waals surface area contributed by atoms with Gasteiger partial charge < -0.3 is 14.2 Å². The average molecular weight is 246 g/mol. The van der Waals surface area contributed by atoms with Crippen molar-refractivity contribution < 1.29 is 19.0 Å². The normalized spacial score (nSPS) is 12.4. The van der Waals surface area contributed by atoms with Crippen molar-refractivity contribution in [3.63, 3.8) is 0 Å². The maximum atomic E-state index is 11.6. The molecule has 0 N–H and O–H groups in total. The molecule has 0 aromatic heterocycles. The molecule has 0 atom stereocenters. The van der Waals surface area contributed by atoms with E-state index >= 15 is 0 Å². The van der Waals surface area contributed by atoms with Gasteiger partial charge in [0, 0.05) is 13.8 Å². The lowest BCUT2D eigenvalue weighted by Gasteiger charge is -2.29. The fourth-order valence-corrected chi connectivity index (χ4v) is 1.48. The summed E-state index contributed by atoms with van der Waals surface area (Å²) in [5.74, 6) is -0.935. The third-order valence-corrected chi connectivity index (χ3v) is 2.19. The van der Waals surface area contributed by atoms with Crippen LogP contribution >= 0.6 is 0 Å². The van der Waals surface area contributed by atoms with Crippen LogP contribution in [0.1, 0.15) is 60.8 Å². The monoisotopic (exact) mass is 246 g/mol. The zero-order valence-corrected chi connectivity index (χ0v) is 12.0. The Kier molecular flexibility index (Phi) is 6.53. The Balaban J connectivity index is 4.16. The second kappa shape index (κ2) is 6.84. The zero-order chi connectivity index (χ0) is 13.5. The molecule has 17 heavy (non-hydrogen) atoms. The molecule has 0 heterocycles. The maximum Gasteiger partial charge on any atom is 0.511 e. The molecule has 4 nitrogen and oxygen atoms in total. The van der Waals surface area contributed by atoms with E-state index in [0.717, 1.165) is 19.3 Å². The summed E-state index contributed by atoms with van der Waals surface area (Å²) in [5, 5.41) is 0. The molecule has 0 aliphatic heterocycles. The van der Waals surface area contributed by atoms with Gasteiger partial charge in [0.05, 0.1) is 6.61 Å². The lowest BCUT2D eigenvalue weighted by atomic mass is 10.0. The van der Waals surface area contributed by atoms with Gasteiger partial charge >= 0.3 is 6.16 Å². The zero-order valence-electron chi connectivity index (χ0n) is 12.0. The SMILES string of the molecule is CCCOC(C)(C)OC(=O)OC(C)(C)CCC. The van der Waals surface area contributed by atoms with Crippen molar-refractivity contribution in [3.8, 4) is 0 Å². The number of rotatable bonds is 7. The number of ether oxygens (including phenoxy) is 3. The van der Waals surface area contributed by atoms with E-state index in [1.807, 2.05) is 27.7 Å². The highest BCUT2D eigenvalue weighted by Gasteiger charge is 2.29. The van der Waals surface area contributed by atoms with Gasteiger partial charge in [-0.2, -0.15) is 0 Å². The molecule has 0 bridgehead atoms. The summed E-state index contributed by atoms with van der Waals surface area (Å²) in [6.45, 7) is 11.8. The standard InChI is InChI=1S/C13H26O4/c1-7-9-12(3,4)16-11(14)17-13(5,6)15-10-8-2/h7-10H2,1-6H3. The Hall–Kier alpha value is -0.770. The van der Waals surface area contributed by atoms with Crippen LogP contribution in [-0.4, -0.2) is 24.2 Å². The van der Waals surface area contributed by atoms with Crippen LogP contribution in [0.5, 0.6) is 0 Å². The molecule has 0 amide bonds. The highest BCUT2D eigenvalue weighted by molar-refractivity contribution is 5.61. The molecule has 0 aliphatic carbocycles. The van der Waals surface area contributed by atoms with Crippen LogP contribution in [0.2, 0.25) is 0 Å². The molecule has 0 aromatic carbocycles. The summed E-state index contributed by atoms with van der Waals surface area (Å²) < 4.78 is 15.8. The molecule has 0 spiro atoms. The first-order valence-corrected chi connectivity index (χ1v) is 6.28. The molecule has 0 saturated carbocycles. The van der Waals surface area contributed by atoms with Gasteiger partial charge in [-0.3, -0.25) is 0 Å². The van der Waals surface area contributed by atoms with E-state index in [4.69, 9.17) is 14.2 Å². The molecule has 4 heteroatoms. The molecule has 102 valence electrons. The van der Waals surface area contributed by atoms with Gasteiger partial charge in [0.15, 0.2) is 0 Å². The Morgan fingerprint density at radius 1 is 1.00 bits per heavy atom. The molecule has 0 aliphatic rings. The van der Waals surface area contributed by atoms with Crippen LogP contribution in [0.3, 0.4) is 0 Å². The van der Waals surface area contributed by atoms with Crippen LogP contribution in [0.25, 0.3) is 0 Å². The van der Waals surface area contributed by atoms with Gasteiger partial charge in [0.2, 0.25) is 5.79 Å². The van der Waals surface area contributed by atoms with Crippen LogP contribution in [0, 0.1) is 0 Å². The Labute approximate surface area is 105 Å². The number of hydrogen-bond donors (Lipinski definition) is 0. The quantitative estimate of drug-likeness (QED) is 0.505. The highest BCUT2D eigenvalue weighted by Crippen LogP contribution is 2.20. The summed E-state index contributed by atoms with van der Waals surface area (Å²) in [5.41, 5.74) is -0.493. The first kappa shape index (κ1) is 16.2. The predicted octanol–water partition coefficient (Wildman–Crippen LogP) is 3.88. The van der Waals surface area contributed by atoms with E-state index < -0.39 is 17.5 Å². The third-order valence-electron chi connectivity index (χ3n) is 2.19. The van der Waals surface area contributed by atoms with Crippen molar-refractivity contribution in [1.29, 1.82) is 0 Å². The van der Waals surface area contributed by atoms with Gasteiger partial charge in [-0.1, -0.05) is 20.3 Å². The molecule has 0 saturated heterocycles. The summed E-state index contributed by atoms with van der Waals surface area (Å²) in [7, 11) is 0. The smallest absolute Gasteiger partial charge is 0.428 e. The van der Waals surface area contributed by atoms with E-state index in [2.05, 4.69) is 0 Å². The van der Waals surface area contributed by atoms with Gasteiger partial charge in [0.25, 0.3) is 0 Å². The summed E-state index contributed by atoms with van der Waals surface area (Å²) >= 11 is 0. The van der Waals surface area contributed by atoms with Crippen molar-refractivity contribution in [3.05, 3.63) is 0 Å². The first-order chi connectivity index (χ1) is 7.72. The van der Waals surface area contributed by atoms with E-state index in [9.17, 15) is 4.79 Å². The fourth-order valence-electron chi connectivity index (χ4n) is 1.48. The molecule has 0 unspecified atom stereocenters. The Morgan fingerprint density at radius 2 is 1.59 bits per heavy atom. The van der Waals surface area contributed by atoms with E-state index in [1.165, 1.54) is 0 Å². The predicted molar refractivity (Wildman–Crippen MR) is 66.9 cm³/mol. The molecule has 0 fully saturated rings. The highest BCUT2D eigenvalue weighted by atomic mass is 16.8. The van der Waals surface area contributed by atoms with Crippen molar-refractivity contribution in [2.24, 2.45) is 0 Å². The van der Waals surface area contributed by atoms with E-state index in [1.54, 1.807) is 13.8 Å². The molecular formula is C13H26O4. The lowest BCUT2D eigenvalue weighted by molar-refractivity contribution is -0.196. The van der Waals surface area contributed by atoms with Crippen molar-refractivity contribution >= 4 is 6.16 Å². The number of carbonyl (C=O) groups is 1. The van der Waals surface area contributed by atoms with Gasteiger partial charge in [0.1, 0.15) is 5.60 Å². The lowest BCUT2D eigenvalue weighted by Crippen LogP contribution is -2.36. The molecule has 0 rings (SSSR count). The van der Waals surface area contributed by atoms with Gasteiger partial charge in [-0.25, -0.2) is 4.79 Å². The molecule has 0 radical (unpaired) electrons. The van der Waals surface area contributed by atoms with E-state index in [0.29, 0.717) is 6.61 Å². The average Bonchev–Trinajstić information content (AvgIpc) is 2.12. The second-order valence-corrected chi connectivity index (χ2v) is 5.21. The van der Waals surface area contributed by atoms with Crippen molar-refractivity contribution in [2.45, 2.75) is 72.2 Å². The maximum absolute atomic E-state index is 11.6. The summed E-state index contributed by atoms with van der Waals surface area (Å²) in [6, 6.07) is 0. The Morgan fingerprint density at radius 3 is 2.06 bits per heavy atom. The van der Waals surface area contributed by atoms with Crippen LogP contribution in [0.15, 0.2) is 0 Å². The largest absolute Gasteiger partial charge is 0.511 e. The van der Waals surface area contributed by atoms with Crippen LogP contribution in [-0.2, 0) is 14.2 Å². The molecular weight excluding hydrogens is 220 g/mol. The van der Waals surface area contributed by atoms with Gasteiger partial charge in [-0.05, 0) is 26.7 Å². The van der Waals surface area contributed by atoms with Crippen LogP contribution < -0.4 is 0 Å². The molecule has 0 aromatic rings. The second-order valence-electron chi connectivity index (χ2n) is 5.21. The topological polar surface area (TPSA) is 44.8 Å². The minimum Gasteiger partial charge on any atom is -0.428 e. The first-order valence-electron chi connectivity index (χ1n) is 6.28. The number of hydrogen-bond acceptors (Lipinski definition) is 4. The fraction of sp³-hybridized carbons (Fsp3) is 0.923. The van der Waals surface area contributed by atoms with Crippen molar-refractivity contribution in [1.82, 2.24) is 0 Å².